The van der Waals surface area contributed by atoms with Gasteiger partial charge in [0.2, 0.25) is 0 Å². The van der Waals surface area contributed by atoms with Crippen molar-refractivity contribution in [3.05, 3.63) is 83.1 Å². The number of fused-ring (bicyclic) bond motifs is 3. The molecule has 1 nitrogen and oxygen atoms in total. The Labute approximate surface area is 194 Å². The van der Waals surface area contributed by atoms with E-state index in [0.717, 1.165) is 29.6 Å². The van der Waals surface area contributed by atoms with Crippen LogP contribution in [0.3, 0.4) is 0 Å². The van der Waals surface area contributed by atoms with Crippen LogP contribution in [0.1, 0.15) is 69.9 Å². The van der Waals surface area contributed by atoms with Crippen LogP contribution in [0.4, 0.5) is 5.69 Å². The molecule has 4 aliphatic rings. The maximum absolute atomic E-state index is 2.70. The van der Waals surface area contributed by atoms with Gasteiger partial charge in [0.25, 0.3) is 0 Å². The zero-order valence-electron chi connectivity index (χ0n) is 19.9. The lowest BCUT2D eigenvalue weighted by Gasteiger charge is -2.42. The first-order valence-electron chi connectivity index (χ1n) is 12.9. The summed E-state index contributed by atoms with van der Waals surface area (Å²) in [6.45, 7) is 7.33. The number of allylic oxidation sites excluding steroid dienone is 2. The Kier molecular flexibility index (Phi) is 5.05. The van der Waals surface area contributed by atoms with E-state index < -0.39 is 0 Å². The SMILES string of the molecule is CC1=C(C)N(c2ccccc2)C2CC3C(CC(C)C3CCC3C=Cc4ccccc43)CC12. The van der Waals surface area contributed by atoms with Crippen molar-refractivity contribution in [1.82, 2.24) is 0 Å². The lowest BCUT2D eigenvalue weighted by Crippen LogP contribution is -2.42. The zero-order chi connectivity index (χ0) is 21.8. The Balaban J connectivity index is 1.21. The summed E-state index contributed by atoms with van der Waals surface area (Å²) in [5.74, 6) is 4.98. The summed E-state index contributed by atoms with van der Waals surface area (Å²) in [5.41, 5.74) is 7.56. The Morgan fingerprint density at radius 2 is 1.66 bits per heavy atom. The van der Waals surface area contributed by atoms with Crippen molar-refractivity contribution in [3.63, 3.8) is 0 Å². The average Bonchev–Trinajstić information content (AvgIpc) is 3.44. The minimum absolute atomic E-state index is 0.632. The summed E-state index contributed by atoms with van der Waals surface area (Å²) < 4.78 is 0. The molecule has 32 heavy (non-hydrogen) atoms. The van der Waals surface area contributed by atoms with Crippen molar-refractivity contribution < 1.29 is 0 Å². The van der Waals surface area contributed by atoms with Gasteiger partial charge < -0.3 is 4.90 Å². The molecule has 2 saturated carbocycles. The number of para-hydroxylation sites is 1. The molecule has 3 aliphatic carbocycles. The van der Waals surface area contributed by atoms with Gasteiger partial charge >= 0.3 is 0 Å². The monoisotopic (exact) mass is 423 g/mol. The van der Waals surface area contributed by atoms with E-state index in [1.165, 1.54) is 49.1 Å². The maximum atomic E-state index is 2.70. The molecule has 166 valence electrons. The van der Waals surface area contributed by atoms with Gasteiger partial charge in [0.05, 0.1) is 0 Å². The smallest absolute Gasteiger partial charge is 0.0410 e. The molecule has 0 radical (unpaired) electrons. The Bertz CT molecular complexity index is 1050. The second kappa shape index (κ2) is 7.94. The van der Waals surface area contributed by atoms with Crippen LogP contribution in [0, 0.1) is 29.6 Å². The number of nitrogens with zero attached hydrogens (tertiary/aromatic N) is 1. The topological polar surface area (TPSA) is 3.24 Å². The van der Waals surface area contributed by atoms with Crippen molar-refractivity contribution >= 4 is 11.8 Å². The molecule has 0 N–H and O–H groups in total. The van der Waals surface area contributed by atoms with E-state index in [-0.39, 0.29) is 0 Å². The molecule has 0 aromatic heterocycles. The summed E-state index contributed by atoms with van der Waals surface area (Å²) in [4.78, 5) is 2.70. The molecule has 1 heterocycles. The van der Waals surface area contributed by atoms with Crippen LogP contribution in [-0.4, -0.2) is 6.04 Å². The van der Waals surface area contributed by atoms with Gasteiger partial charge in [-0.3, -0.25) is 0 Å². The van der Waals surface area contributed by atoms with Gasteiger partial charge in [0.1, 0.15) is 0 Å². The van der Waals surface area contributed by atoms with Crippen LogP contribution >= 0.6 is 0 Å². The van der Waals surface area contributed by atoms with Crippen LogP contribution in [0.25, 0.3) is 6.08 Å². The summed E-state index contributed by atoms with van der Waals surface area (Å²) in [5, 5.41) is 0. The molecule has 2 fully saturated rings. The maximum Gasteiger partial charge on any atom is 0.0410 e. The number of hydrogen-bond acceptors (Lipinski definition) is 1. The fraction of sp³-hybridized carbons (Fsp3) is 0.484. The molecule has 1 heteroatoms. The number of rotatable bonds is 4. The first-order valence-corrected chi connectivity index (χ1v) is 12.9. The summed E-state index contributed by atoms with van der Waals surface area (Å²) in [7, 11) is 0. The van der Waals surface area contributed by atoms with Gasteiger partial charge in [-0.1, -0.05) is 61.5 Å². The quantitative estimate of drug-likeness (QED) is 0.481. The van der Waals surface area contributed by atoms with Gasteiger partial charge in [-0.25, -0.2) is 0 Å². The molecule has 0 spiro atoms. The summed E-state index contributed by atoms with van der Waals surface area (Å²) >= 11 is 0. The van der Waals surface area contributed by atoms with Crippen LogP contribution in [0.15, 0.2) is 71.9 Å². The molecule has 7 unspecified atom stereocenters. The fourth-order valence-electron chi connectivity index (χ4n) is 8.04. The Morgan fingerprint density at radius 3 is 2.50 bits per heavy atom. The van der Waals surface area contributed by atoms with Crippen molar-refractivity contribution in [1.29, 1.82) is 0 Å². The van der Waals surface area contributed by atoms with E-state index in [1.54, 1.807) is 11.1 Å². The second-order valence-corrected chi connectivity index (χ2v) is 11.1. The largest absolute Gasteiger partial charge is 0.342 e. The van der Waals surface area contributed by atoms with Gasteiger partial charge in [0.15, 0.2) is 0 Å². The molecule has 0 amide bonds. The van der Waals surface area contributed by atoms with E-state index in [1.807, 2.05) is 0 Å². The highest BCUT2D eigenvalue weighted by molar-refractivity contribution is 5.62. The highest BCUT2D eigenvalue weighted by Gasteiger charge is 2.51. The molecule has 7 atom stereocenters. The van der Waals surface area contributed by atoms with Crippen molar-refractivity contribution in [2.24, 2.45) is 29.6 Å². The minimum atomic E-state index is 0.632. The first kappa shape index (κ1) is 20.3. The number of hydrogen-bond donors (Lipinski definition) is 0. The van der Waals surface area contributed by atoms with Gasteiger partial charge in [-0.05, 0) is 98.5 Å². The van der Waals surface area contributed by atoms with E-state index in [9.17, 15) is 0 Å². The summed E-state index contributed by atoms with van der Waals surface area (Å²) in [6.07, 6.45) is 11.8. The third kappa shape index (κ3) is 3.19. The fourth-order valence-corrected chi connectivity index (χ4v) is 8.04. The lowest BCUT2D eigenvalue weighted by atomic mass is 9.68. The van der Waals surface area contributed by atoms with Crippen molar-refractivity contribution in [2.45, 2.75) is 64.8 Å². The Morgan fingerprint density at radius 1 is 0.875 bits per heavy atom. The van der Waals surface area contributed by atoms with Gasteiger partial charge in [-0.15, -0.1) is 0 Å². The van der Waals surface area contributed by atoms with Crippen LogP contribution in [0.5, 0.6) is 0 Å². The molecule has 0 bridgehead atoms. The average molecular weight is 424 g/mol. The first-order chi connectivity index (χ1) is 15.6. The molecule has 6 rings (SSSR count). The molecule has 1 aliphatic heterocycles. The summed E-state index contributed by atoms with van der Waals surface area (Å²) in [6, 6.07) is 20.8. The Hall–Kier alpha value is -2.28. The third-order valence-corrected chi connectivity index (χ3v) is 9.66. The standard InChI is InChI=1S/C31H37N/c1-20-17-25-18-29-21(2)22(3)32(26-10-5-4-6-11-26)31(29)19-30(25)27(20)16-15-24-14-13-23-9-7-8-12-28(23)24/h4-14,20,24-25,27,29-31H,15-19H2,1-3H3. The van der Waals surface area contributed by atoms with Crippen LogP contribution < -0.4 is 4.90 Å². The lowest BCUT2D eigenvalue weighted by molar-refractivity contribution is 0.164. The zero-order valence-corrected chi connectivity index (χ0v) is 19.9. The predicted molar refractivity (Wildman–Crippen MR) is 136 cm³/mol. The van der Waals surface area contributed by atoms with E-state index in [2.05, 4.69) is 92.4 Å². The normalized spacial score (nSPS) is 35.2. The number of benzene rings is 2. The van der Waals surface area contributed by atoms with E-state index >= 15 is 0 Å². The van der Waals surface area contributed by atoms with Gasteiger partial charge in [-0.2, -0.15) is 0 Å². The number of anilines is 1. The molecular formula is C31H37N. The molecule has 2 aromatic carbocycles. The predicted octanol–water partition coefficient (Wildman–Crippen LogP) is 8.06. The van der Waals surface area contributed by atoms with Crippen molar-refractivity contribution in [3.8, 4) is 0 Å². The second-order valence-electron chi connectivity index (χ2n) is 11.1. The van der Waals surface area contributed by atoms with Gasteiger partial charge in [0, 0.05) is 29.3 Å². The van der Waals surface area contributed by atoms with E-state index in [4.69, 9.17) is 0 Å². The van der Waals surface area contributed by atoms with E-state index in [0.29, 0.717) is 12.0 Å². The highest BCUT2D eigenvalue weighted by atomic mass is 15.2. The third-order valence-electron chi connectivity index (χ3n) is 9.66. The van der Waals surface area contributed by atoms with Crippen LogP contribution in [-0.2, 0) is 0 Å². The van der Waals surface area contributed by atoms with Crippen molar-refractivity contribution in [2.75, 3.05) is 4.90 Å². The van der Waals surface area contributed by atoms with Crippen LogP contribution in [0.2, 0.25) is 0 Å². The highest BCUT2D eigenvalue weighted by Crippen LogP contribution is 2.57. The molecule has 2 aromatic rings. The molecule has 0 saturated heterocycles. The minimum Gasteiger partial charge on any atom is -0.342 e. The molecular weight excluding hydrogens is 386 g/mol.